The fourth-order valence-corrected chi connectivity index (χ4v) is 17.3. The van der Waals surface area contributed by atoms with Gasteiger partial charge in [-0.3, -0.25) is 0 Å². The molecule has 242 valence electrons. The van der Waals surface area contributed by atoms with Gasteiger partial charge in [0.25, 0.3) is 0 Å². The molecule has 3 heteroatoms. The molecule has 0 aromatic heterocycles. The topological polar surface area (TPSA) is 0 Å². The van der Waals surface area contributed by atoms with Crippen molar-refractivity contribution in [2.75, 3.05) is 0 Å². The zero-order chi connectivity index (χ0) is 31.3. The normalized spacial score (nSPS) is 15.4. The Hall–Kier alpha value is -2.31. The van der Waals surface area contributed by atoms with Crippen molar-refractivity contribution in [3.63, 3.8) is 0 Å². The van der Waals surface area contributed by atoms with Gasteiger partial charge in [-0.1, -0.05) is 0 Å². The van der Waals surface area contributed by atoms with E-state index in [1.807, 2.05) is 3.21 Å². The molecule has 0 atom stereocenters. The number of hydrogen-bond acceptors (Lipinski definition) is 0. The third kappa shape index (κ3) is 6.93. The standard InChI is InChI=1S/C33H33.C6H10.C5H5.2ClH.Zr/c1-32(2,3)30-20-26-24(18-28(30)22-13-9-7-10-14-22)17-25-19-29(23-15-11-8-12-16-23)31(21-27(25)26)33(4,5)6;1-2-4-6-5-3-1;1-2-4-5-3-1;;;/h7-16,18,20-21H,17H2,1-6H3;1-5H2;1-5H;2*1H;/q;;;;;+2/p-2. The molecule has 3 aliphatic rings. The van der Waals surface area contributed by atoms with E-state index in [-0.39, 0.29) is 35.6 Å². The van der Waals surface area contributed by atoms with Gasteiger partial charge >= 0.3 is 281 Å². The summed E-state index contributed by atoms with van der Waals surface area (Å²) in [6.07, 6.45) is 17.7. The van der Waals surface area contributed by atoms with Crippen LogP contribution < -0.4 is 28.1 Å². The Balaban J connectivity index is 0.00000217. The molecule has 0 nitrogen and oxygen atoms in total. The van der Waals surface area contributed by atoms with Crippen molar-refractivity contribution in [1.29, 1.82) is 0 Å². The smallest absolute Gasteiger partial charge is 1.00 e. The molecule has 0 heterocycles. The summed E-state index contributed by atoms with van der Waals surface area (Å²) in [5, 5.41) is 0. The van der Waals surface area contributed by atoms with Crippen LogP contribution in [0.3, 0.4) is 0 Å². The predicted octanol–water partition coefficient (Wildman–Crippen LogP) is 5.49. The molecule has 0 aliphatic heterocycles. The van der Waals surface area contributed by atoms with Crippen molar-refractivity contribution in [2.24, 2.45) is 0 Å². The molecule has 0 spiro atoms. The van der Waals surface area contributed by atoms with Gasteiger partial charge in [0.15, 0.2) is 0 Å². The van der Waals surface area contributed by atoms with Crippen LogP contribution in [0.2, 0.25) is 3.63 Å². The number of rotatable bonds is 4. The van der Waals surface area contributed by atoms with E-state index in [4.69, 9.17) is 0 Å². The minimum absolute atomic E-state index is 0. The third-order valence-corrected chi connectivity index (χ3v) is 18.7. The Morgan fingerprint density at radius 1 is 0.596 bits per heavy atom. The van der Waals surface area contributed by atoms with Gasteiger partial charge in [-0.25, -0.2) is 0 Å². The van der Waals surface area contributed by atoms with E-state index >= 15 is 0 Å². The summed E-state index contributed by atoms with van der Waals surface area (Å²) < 4.78 is 4.38. The molecule has 4 aromatic carbocycles. The summed E-state index contributed by atoms with van der Waals surface area (Å²) in [4.78, 5) is 0. The maximum absolute atomic E-state index is 2.63. The molecule has 0 amide bonds. The van der Waals surface area contributed by atoms with E-state index in [2.05, 4.69) is 145 Å². The molecular weight excluding hydrogens is 691 g/mol. The number of benzene rings is 4. The van der Waals surface area contributed by atoms with E-state index in [9.17, 15) is 0 Å². The molecule has 7 rings (SSSR count). The van der Waals surface area contributed by atoms with E-state index in [0.717, 1.165) is 6.42 Å². The quantitative estimate of drug-likeness (QED) is 0.229. The van der Waals surface area contributed by atoms with Gasteiger partial charge in [0, 0.05) is 0 Å². The third-order valence-electron chi connectivity index (χ3n) is 10.3. The molecule has 3 aliphatic carbocycles. The van der Waals surface area contributed by atoms with E-state index in [1.54, 1.807) is 14.4 Å². The Morgan fingerprint density at radius 3 is 1.72 bits per heavy atom. The van der Waals surface area contributed by atoms with Crippen LogP contribution in [0.4, 0.5) is 0 Å². The van der Waals surface area contributed by atoms with E-state index < -0.39 is 21.3 Å². The molecule has 0 saturated heterocycles. The SMILES string of the molecule is CC(C)(C)c1cc2c(cc1-c1ccccc1)Cc1c-2cc(C(C)(C)C)c(-c2ccccc2)[c]1[Zr+2](=[C]1CCCCC1)[CH]1C=CC=C1.[Cl-].[Cl-]. The van der Waals surface area contributed by atoms with Crippen LogP contribution in [0, 0.1) is 0 Å². The average molecular weight is 739 g/mol. The van der Waals surface area contributed by atoms with E-state index in [1.165, 1.54) is 76.6 Å². The number of halogens is 2. The Bertz CT molecular complexity index is 1830. The largest absolute Gasteiger partial charge is 1.00 e. The minimum Gasteiger partial charge on any atom is -1.00 e. The molecule has 1 saturated carbocycles. The maximum Gasteiger partial charge on any atom is -1.00 e. The van der Waals surface area contributed by atoms with Crippen molar-refractivity contribution in [3.05, 3.63) is 125 Å². The Kier molecular flexibility index (Phi) is 10.9. The zero-order valence-corrected chi connectivity index (χ0v) is 32.9. The molecule has 0 unspecified atom stereocenters. The molecule has 0 radical (unpaired) electrons. The Morgan fingerprint density at radius 2 is 1.15 bits per heavy atom. The molecule has 0 N–H and O–H groups in total. The monoisotopic (exact) mass is 736 g/mol. The van der Waals surface area contributed by atoms with Gasteiger partial charge in [-0.05, 0) is 0 Å². The van der Waals surface area contributed by atoms with Gasteiger partial charge in [0.2, 0.25) is 0 Å². The van der Waals surface area contributed by atoms with Gasteiger partial charge in [0.05, 0.1) is 0 Å². The summed E-state index contributed by atoms with van der Waals surface area (Å²) >= 11 is -2.41. The van der Waals surface area contributed by atoms with Crippen molar-refractivity contribution < 1.29 is 46.1 Å². The second-order valence-corrected chi connectivity index (χ2v) is 22.2. The first-order valence-electron chi connectivity index (χ1n) is 17.2. The molecule has 4 aromatic rings. The molecular formula is C44H48Cl2Zr. The minimum atomic E-state index is -2.41. The van der Waals surface area contributed by atoms with Crippen LogP contribution in [0.25, 0.3) is 33.4 Å². The van der Waals surface area contributed by atoms with Gasteiger partial charge in [-0.2, -0.15) is 0 Å². The molecule has 47 heavy (non-hydrogen) atoms. The summed E-state index contributed by atoms with van der Waals surface area (Å²) in [7, 11) is 0. The van der Waals surface area contributed by atoms with Crippen LogP contribution in [0.15, 0.2) is 103 Å². The first-order chi connectivity index (χ1) is 21.6. The maximum atomic E-state index is 2.63. The van der Waals surface area contributed by atoms with Gasteiger partial charge < -0.3 is 24.8 Å². The predicted molar refractivity (Wildman–Crippen MR) is 193 cm³/mol. The summed E-state index contributed by atoms with van der Waals surface area (Å²) in [5.74, 6) is 0. The van der Waals surface area contributed by atoms with Gasteiger partial charge in [-0.15, -0.1) is 0 Å². The summed E-state index contributed by atoms with van der Waals surface area (Å²) in [6, 6.07) is 30.3. The second kappa shape index (κ2) is 14.3. The molecule has 0 bridgehead atoms. The van der Waals surface area contributed by atoms with Crippen LogP contribution >= 0.6 is 0 Å². The Labute approximate surface area is 303 Å². The average Bonchev–Trinajstić information content (AvgIpc) is 3.69. The van der Waals surface area contributed by atoms with Gasteiger partial charge in [0.1, 0.15) is 0 Å². The zero-order valence-electron chi connectivity index (χ0n) is 28.9. The van der Waals surface area contributed by atoms with Crippen molar-refractivity contribution in [3.8, 4) is 33.4 Å². The van der Waals surface area contributed by atoms with Crippen LogP contribution in [-0.4, -0.2) is 3.21 Å². The van der Waals surface area contributed by atoms with Crippen molar-refractivity contribution in [1.82, 2.24) is 0 Å². The fraction of sp³-hybridized carbons (Fsp3) is 0.341. The number of fused-ring (bicyclic) bond motifs is 3. The van der Waals surface area contributed by atoms with Crippen LogP contribution in [0.1, 0.15) is 95.9 Å². The van der Waals surface area contributed by atoms with Crippen LogP contribution in [0.5, 0.6) is 0 Å². The van der Waals surface area contributed by atoms with Crippen molar-refractivity contribution >= 4 is 6.48 Å². The fourth-order valence-electron chi connectivity index (χ4n) is 8.10. The summed E-state index contributed by atoms with van der Waals surface area (Å²) in [5.41, 5.74) is 14.9. The van der Waals surface area contributed by atoms with E-state index in [0.29, 0.717) is 3.63 Å². The number of allylic oxidation sites excluding steroid dienone is 4. The first-order valence-corrected chi connectivity index (χ1v) is 21.1. The summed E-state index contributed by atoms with van der Waals surface area (Å²) in [6.45, 7) is 14.5. The first kappa shape index (κ1) is 36.0. The van der Waals surface area contributed by atoms with Crippen LogP contribution in [-0.2, 0) is 38.5 Å². The second-order valence-electron chi connectivity index (χ2n) is 15.5. The molecule has 1 fully saturated rings. The van der Waals surface area contributed by atoms with Crippen molar-refractivity contribution in [2.45, 2.75) is 94.5 Å². The number of hydrogen-bond donors (Lipinski definition) is 0.